The fourth-order valence-corrected chi connectivity index (χ4v) is 3.38. The van der Waals surface area contributed by atoms with Crippen LogP contribution in [0.2, 0.25) is 5.02 Å². The lowest BCUT2D eigenvalue weighted by Crippen LogP contribution is -2.14. The largest absolute Gasteiger partial charge is 0.313 e. The Bertz CT molecular complexity index is 528. The number of halogens is 1. The van der Waals surface area contributed by atoms with Crippen molar-refractivity contribution >= 4 is 23.4 Å². The van der Waals surface area contributed by atoms with Gasteiger partial charge in [-0.3, -0.25) is 0 Å². The highest BCUT2D eigenvalue weighted by molar-refractivity contribution is 7.98. The van der Waals surface area contributed by atoms with Gasteiger partial charge in [0.15, 0.2) is 0 Å². The van der Waals surface area contributed by atoms with Crippen LogP contribution in [-0.4, -0.2) is 6.54 Å². The summed E-state index contributed by atoms with van der Waals surface area (Å²) in [7, 11) is 0. The summed E-state index contributed by atoms with van der Waals surface area (Å²) < 4.78 is 0. The van der Waals surface area contributed by atoms with Crippen molar-refractivity contribution in [2.45, 2.75) is 30.5 Å². The van der Waals surface area contributed by atoms with Crippen LogP contribution < -0.4 is 5.32 Å². The Morgan fingerprint density at radius 2 is 1.85 bits per heavy atom. The van der Waals surface area contributed by atoms with Crippen LogP contribution in [0.1, 0.15) is 24.5 Å². The molecule has 0 radical (unpaired) electrons. The van der Waals surface area contributed by atoms with Crippen molar-refractivity contribution in [2.75, 3.05) is 6.54 Å². The molecule has 20 heavy (non-hydrogen) atoms. The monoisotopic (exact) mass is 305 g/mol. The summed E-state index contributed by atoms with van der Waals surface area (Å²) in [6.45, 7) is 4.09. The number of benzene rings is 2. The molecule has 106 valence electrons. The van der Waals surface area contributed by atoms with Crippen LogP contribution in [0.3, 0.4) is 0 Å². The molecule has 0 spiro atoms. The summed E-state index contributed by atoms with van der Waals surface area (Å²) in [5.74, 6) is 0.950. The predicted octanol–water partition coefficient (Wildman–Crippen LogP) is 5.13. The van der Waals surface area contributed by atoms with Gasteiger partial charge in [-0.05, 0) is 30.2 Å². The van der Waals surface area contributed by atoms with E-state index in [1.807, 2.05) is 30.0 Å². The van der Waals surface area contributed by atoms with Gasteiger partial charge in [0.2, 0.25) is 0 Å². The highest BCUT2D eigenvalue weighted by Gasteiger charge is 2.07. The first kappa shape index (κ1) is 15.4. The molecule has 0 amide bonds. The maximum atomic E-state index is 6.36. The Kier molecular flexibility index (Phi) is 6.44. The molecule has 0 aromatic heterocycles. The zero-order valence-electron chi connectivity index (χ0n) is 11.7. The van der Waals surface area contributed by atoms with Gasteiger partial charge in [0.25, 0.3) is 0 Å². The van der Waals surface area contributed by atoms with E-state index in [1.165, 1.54) is 16.0 Å². The van der Waals surface area contributed by atoms with Crippen molar-refractivity contribution < 1.29 is 0 Å². The standard InChI is InChI=1S/C17H20ClNS/c1-2-11-19-12-15-9-6-10-16(18)17(15)20-13-14-7-4-3-5-8-14/h3-10,19H,2,11-13H2,1H3. The Morgan fingerprint density at radius 1 is 1.05 bits per heavy atom. The normalized spacial score (nSPS) is 10.7. The van der Waals surface area contributed by atoms with E-state index < -0.39 is 0 Å². The second-order valence-corrected chi connectivity index (χ2v) is 6.07. The molecule has 0 aliphatic heterocycles. The minimum atomic E-state index is 0.849. The van der Waals surface area contributed by atoms with E-state index in [4.69, 9.17) is 11.6 Å². The van der Waals surface area contributed by atoms with Crippen LogP contribution in [0.5, 0.6) is 0 Å². The second-order valence-electron chi connectivity index (χ2n) is 4.68. The van der Waals surface area contributed by atoms with Crippen LogP contribution in [0.25, 0.3) is 0 Å². The van der Waals surface area contributed by atoms with Crippen molar-refractivity contribution in [3.63, 3.8) is 0 Å². The van der Waals surface area contributed by atoms with Gasteiger partial charge < -0.3 is 5.32 Å². The number of hydrogen-bond donors (Lipinski definition) is 1. The van der Waals surface area contributed by atoms with E-state index in [9.17, 15) is 0 Å². The van der Waals surface area contributed by atoms with Gasteiger partial charge in [-0.2, -0.15) is 0 Å². The highest BCUT2D eigenvalue weighted by atomic mass is 35.5. The van der Waals surface area contributed by atoms with Crippen LogP contribution in [0.15, 0.2) is 53.4 Å². The van der Waals surface area contributed by atoms with Gasteiger partial charge in [-0.1, -0.05) is 61.0 Å². The maximum Gasteiger partial charge on any atom is 0.0545 e. The maximum absolute atomic E-state index is 6.36. The summed E-state index contributed by atoms with van der Waals surface area (Å²) in [5.41, 5.74) is 2.61. The number of nitrogens with one attached hydrogen (secondary N) is 1. The van der Waals surface area contributed by atoms with Gasteiger partial charge >= 0.3 is 0 Å². The molecule has 2 rings (SSSR count). The number of thioether (sulfide) groups is 1. The summed E-state index contributed by atoms with van der Waals surface area (Å²) in [4.78, 5) is 1.20. The molecule has 0 bridgehead atoms. The Balaban J connectivity index is 2.05. The minimum Gasteiger partial charge on any atom is -0.313 e. The molecule has 2 aromatic carbocycles. The average Bonchev–Trinajstić information content (AvgIpc) is 2.48. The average molecular weight is 306 g/mol. The van der Waals surface area contributed by atoms with E-state index in [-0.39, 0.29) is 0 Å². The van der Waals surface area contributed by atoms with Gasteiger partial charge in [0.1, 0.15) is 0 Å². The molecule has 1 N–H and O–H groups in total. The summed E-state index contributed by atoms with van der Waals surface area (Å²) in [6.07, 6.45) is 1.15. The third kappa shape index (κ3) is 4.55. The molecule has 0 fully saturated rings. The van der Waals surface area contributed by atoms with E-state index in [1.54, 1.807) is 0 Å². The molecular formula is C17H20ClNS. The molecule has 0 heterocycles. The Hall–Kier alpha value is -0.960. The summed E-state index contributed by atoms with van der Waals surface area (Å²) in [5, 5.41) is 4.29. The third-order valence-electron chi connectivity index (χ3n) is 3.02. The van der Waals surface area contributed by atoms with Gasteiger partial charge in [0.05, 0.1) is 5.02 Å². The Labute approximate surface area is 130 Å². The smallest absolute Gasteiger partial charge is 0.0545 e. The molecule has 3 heteroatoms. The van der Waals surface area contributed by atoms with Crippen molar-refractivity contribution in [1.29, 1.82) is 0 Å². The van der Waals surface area contributed by atoms with Crippen LogP contribution in [-0.2, 0) is 12.3 Å². The first-order chi connectivity index (χ1) is 9.81. The summed E-state index contributed by atoms with van der Waals surface area (Å²) >= 11 is 8.17. The SMILES string of the molecule is CCCNCc1cccc(Cl)c1SCc1ccccc1. The number of hydrogen-bond acceptors (Lipinski definition) is 2. The van der Waals surface area contributed by atoms with Gasteiger partial charge in [0, 0.05) is 17.2 Å². The van der Waals surface area contributed by atoms with Crippen LogP contribution >= 0.6 is 23.4 Å². The van der Waals surface area contributed by atoms with Gasteiger partial charge in [-0.25, -0.2) is 0 Å². The fraction of sp³-hybridized carbons (Fsp3) is 0.294. The second kappa shape index (κ2) is 8.35. The van der Waals surface area contributed by atoms with Crippen molar-refractivity contribution in [2.24, 2.45) is 0 Å². The molecule has 0 aliphatic carbocycles. The van der Waals surface area contributed by atoms with Crippen molar-refractivity contribution in [1.82, 2.24) is 5.32 Å². The zero-order chi connectivity index (χ0) is 14.2. The van der Waals surface area contributed by atoms with Crippen LogP contribution in [0.4, 0.5) is 0 Å². The minimum absolute atomic E-state index is 0.849. The van der Waals surface area contributed by atoms with Crippen LogP contribution in [0, 0.1) is 0 Å². The first-order valence-electron chi connectivity index (χ1n) is 6.96. The van der Waals surface area contributed by atoms with E-state index in [2.05, 4.69) is 42.6 Å². The lowest BCUT2D eigenvalue weighted by molar-refractivity contribution is 0.669. The molecule has 2 aromatic rings. The first-order valence-corrected chi connectivity index (χ1v) is 8.32. The molecule has 0 atom stereocenters. The molecule has 0 saturated carbocycles. The Morgan fingerprint density at radius 3 is 2.60 bits per heavy atom. The fourth-order valence-electron chi connectivity index (χ4n) is 1.98. The quantitative estimate of drug-likeness (QED) is 0.562. The molecule has 0 saturated heterocycles. The van der Waals surface area contributed by atoms with E-state index in [0.717, 1.165) is 30.3 Å². The van der Waals surface area contributed by atoms with E-state index >= 15 is 0 Å². The molecular weight excluding hydrogens is 286 g/mol. The molecule has 0 aliphatic rings. The molecule has 0 unspecified atom stereocenters. The highest BCUT2D eigenvalue weighted by Crippen LogP contribution is 2.33. The van der Waals surface area contributed by atoms with Gasteiger partial charge in [-0.15, -0.1) is 11.8 Å². The third-order valence-corrected chi connectivity index (χ3v) is 4.69. The predicted molar refractivity (Wildman–Crippen MR) is 89.5 cm³/mol. The van der Waals surface area contributed by atoms with Crippen molar-refractivity contribution in [3.05, 3.63) is 64.7 Å². The topological polar surface area (TPSA) is 12.0 Å². The zero-order valence-corrected chi connectivity index (χ0v) is 13.3. The molecule has 1 nitrogen and oxygen atoms in total. The number of rotatable bonds is 7. The lowest BCUT2D eigenvalue weighted by atomic mass is 10.2. The summed E-state index contributed by atoms with van der Waals surface area (Å²) in [6, 6.07) is 16.7. The van der Waals surface area contributed by atoms with Crippen molar-refractivity contribution in [3.8, 4) is 0 Å². The lowest BCUT2D eigenvalue weighted by Gasteiger charge is -2.12. The van der Waals surface area contributed by atoms with E-state index in [0.29, 0.717) is 0 Å².